The summed E-state index contributed by atoms with van der Waals surface area (Å²) in [5, 5.41) is 3.22. The Morgan fingerprint density at radius 1 is 1.16 bits per heavy atom. The molecule has 0 radical (unpaired) electrons. The second kappa shape index (κ2) is 10.8. The second-order valence-electron chi connectivity index (χ2n) is 6.93. The molecule has 0 aromatic carbocycles. The van der Waals surface area contributed by atoms with Gasteiger partial charge in [0.25, 0.3) is 0 Å². The van der Waals surface area contributed by atoms with Crippen molar-refractivity contribution in [2.45, 2.75) is 57.0 Å². The molecule has 2 heterocycles. The van der Waals surface area contributed by atoms with Crippen LogP contribution in [0.25, 0.3) is 0 Å². The Morgan fingerprint density at radius 2 is 1.88 bits per heavy atom. The van der Waals surface area contributed by atoms with E-state index in [1.54, 1.807) is 0 Å². The Kier molecular flexibility index (Phi) is 9.54. The number of pyridine rings is 1. The highest BCUT2D eigenvalue weighted by Gasteiger charge is 2.26. The normalized spacial score (nSPS) is 24.0. The number of anilines is 1. The summed E-state index contributed by atoms with van der Waals surface area (Å²) in [5.74, 6) is 1.59. The van der Waals surface area contributed by atoms with Crippen LogP contribution < -0.4 is 16.0 Å². The van der Waals surface area contributed by atoms with Gasteiger partial charge in [-0.25, -0.2) is 4.98 Å². The topological polar surface area (TPSA) is 71.2 Å². The molecule has 1 aliphatic heterocycles. The van der Waals surface area contributed by atoms with Crippen molar-refractivity contribution in [1.29, 1.82) is 0 Å². The van der Waals surface area contributed by atoms with Gasteiger partial charge in [0.05, 0.1) is 0 Å². The Hall–Kier alpha value is -1.04. The summed E-state index contributed by atoms with van der Waals surface area (Å²) in [5.41, 5.74) is 6.15. The average Bonchev–Trinajstić information content (AvgIpc) is 2.58. The summed E-state index contributed by atoms with van der Waals surface area (Å²) in [6, 6.07) is 6.50. The molecule has 2 atom stereocenters. The number of carbonyl (C=O) groups excluding carboxylic acids is 1. The first-order valence-electron chi connectivity index (χ1n) is 8.93. The maximum absolute atomic E-state index is 12.3. The fourth-order valence-corrected chi connectivity index (χ4v) is 3.81. The van der Waals surface area contributed by atoms with E-state index in [9.17, 15) is 4.79 Å². The maximum Gasteiger partial charge on any atom is 0.220 e. The van der Waals surface area contributed by atoms with Gasteiger partial charge < -0.3 is 16.0 Å². The molecule has 2 unspecified atom stereocenters. The highest BCUT2D eigenvalue weighted by Crippen LogP contribution is 2.26. The van der Waals surface area contributed by atoms with Crippen LogP contribution in [0.3, 0.4) is 0 Å². The van der Waals surface area contributed by atoms with Crippen molar-refractivity contribution in [3.8, 4) is 0 Å². The SMILES string of the molecule is Cl.Cl.NC1CCCCC1CC(=O)NC1CCN(c2ccccn2)CC1. The van der Waals surface area contributed by atoms with Gasteiger partial charge >= 0.3 is 0 Å². The van der Waals surface area contributed by atoms with Gasteiger partial charge in [-0.15, -0.1) is 24.8 Å². The minimum Gasteiger partial charge on any atom is -0.356 e. The third kappa shape index (κ3) is 6.32. The number of carbonyl (C=O) groups is 1. The zero-order valence-corrected chi connectivity index (χ0v) is 16.2. The number of hydrogen-bond acceptors (Lipinski definition) is 4. The van der Waals surface area contributed by atoms with Gasteiger partial charge in [-0.2, -0.15) is 0 Å². The zero-order valence-electron chi connectivity index (χ0n) is 14.6. The molecule has 7 heteroatoms. The predicted molar refractivity (Wildman–Crippen MR) is 107 cm³/mol. The summed E-state index contributed by atoms with van der Waals surface area (Å²) < 4.78 is 0. The molecular weight excluding hydrogens is 359 g/mol. The van der Waals surface area contributed by atoms with Crippen LogP contribution in [0.4, 0.5) is 5.82 Å². The lowest BCUT2D eigenvalue weighted by Crippen LogP contribution is -2.46. The second-order valence-corrected chi connectivity index (χ2v) is 6.93. The van der Waals surface area contributed by atoms with E-state index < -0.39 is 0 Å². The van der Waals surface area contributed by atoms with E-state index in [0.717, 1.165) is 44.6 Å². The van der Waals surface area contributed by atoms with Crippen LogP contribution in [0, 0.1) is 5.92 Å². The van der Waals surface area contributed by atoms with Crippen molar-refractivity contribution in [3.05, 3.63) is 24.4 Å². The summed E-state index contributed by atoms with van der Waals surface area (Å²) >= 11 is 0. The molecular formula is C18H30Cl2N4O. The van der Waals surface area contributed by atoms with Crippen molar-refractivity contribution in [3.63, 3.8) is 0 Å². The number of hydrogen-bond donors (Lipinski definition) is 2. The molecule has 3 N–H and O–H groups in total. The van der Waals surface area contributed by atoms with E-state index in [4.69, 9.17) is 5.73 Å². The van der Waals surface area contributed by atoms with Crippen molar-refractivity contribution in [2.75, 3.05) is 18.0 Å². The van der Waals surface area contributed by atoms with Crippen LogP contribution in [0.1, 0.15) is 44.9 Å². The predicted octanol–water partition coefficient (Wildman–Crippen LogP) is 2.92. The summed E-state index contributed by atoms with van der Waals surface area (Å²) in [7, 11) is 0. The standard InChI is InChI=1S/C18H28N4O.2ClH/c19-16-6-2-1-5-14(16)13-18(23)21-15-8-11-22(12-9-15)17-7-3-4-10-20-17;;/h3-4,7,10,14-16H,1-2,5-6,8-9,11-13,19H2,(H,21,23);2*1H. The van der Waals surface area contributed by atoms with Crippen molar-refractivity contribution >= 4 is 36.5 Å². The summed E-state index contributed by atoms with van der Waals surface area (Å²) in [4.78, 5) is 19.0. The number of nitrogens with zero attached hydrogens (tertiary/aromatic N) is 2. The van der Waals surface area contributed by atoms with Crippen LogP contribution in [0.2, 0.25) is 0 Å². The van der Waals surface area contributed by atoms with E-state index in [0.29, 0.717) is 18.4 Å². The number of rotatable bonds is 4. The Balaban J connectivity index is 0.00000156. The minimum atomic E-state index is 0. The van der Waals surface area contributed by atoms with Gasteiger partial charge in [-0.05, 0) is 43.7 Å². The molecule has 1 amide bonds. The molecule has 5 nitrogen and oxygen atoms in total. The Bertz CT molecular complexity index is 509. The Labute approximate surface area is 163 Å². The molecule has 2 aliphatic rings. The molecule has 1 aliphatic carbocycles. The highest BCUT2D eigenvalue weighted by molar-refractivity contribution is 5.85. The van der Waals surface area contributed by atoms with E-state index in [1.807, 2.05) is 24.4 Å². The highest BCUT2D eigenvalue weighted by atomic mass is 35.5. The van der Waals surface area contributed by atoms with Gasteiger partial charge in [-0.3, -0.25) is 4.79 Å². The first-order valence-corrected chi connectivity index (χ1v) is 8.93. The van der Waals surface area contributed by atoms with Crippen molar-refractivity contribution in [2.24, 2.45) is 11.7 Å². The number of aromatic nitrogens is 1. The van der Waals surface area contributed by atoms with Gasteiger partial charge in [0.1, 0.15) is 5.82 Å². The fourth-order valence-electron chi connectivity index (χ4n) is 3.81. The molecule has 2 fully saturated rings. The molecule has 142 valence electrons. The van der Waals surface area contributed by atoms with Crippen LogP contribution in [-0.4, -0.2) is 36.1 Å². The van der Waals surface area contributed by atoms with Gasteiger partial charge in [0.15, 0.2) is 0 Å². The molecule has 1 aromatic rings. The molecule has 1 aromatic heterocycles. The third-order valence-corrected chi connectivity index (χ3v) is 5.25. The number of halogens is 2. The summed E-state index contributed by atoms with van der Waals surface area (Å²) in [6.07, 6.45) is 9.00. The molecule has 1 saturated carbocycles. The Morgan fingerprint density at radius 3 is 2.52 bits per heavy atom. The van der Waals surface area contributed by atoms with E-state index in [1.165, 1.54) is 12.8 Å². The molecule has 0 bridgehead atoms. The zero-order chi connectivity index (χ0) is 16.1. The monoisotopic (exact) mass is 388 g/mol. The average molecular weight is 389 g/mol. The lowest BCUT2D eigenvalue weighted by atomic mass is 9.83. The van der Waals surface area contributed by atoms with E-state index in [-0.39, 0.29) is 36.8 Å². The lowest BCUT2D eigenvalue weighted by Gasteiger charge is -2.34. The molecule has 25 heavy (non-hydrogen) atoms. The number of nitrogens with one attached hydrogen (secondary N) is 1. The number of piperidine rings is 1. The van der Waals surface area contributed by atoms with Crippen LogP contribution in [0.15, 0.2) is 24.4 Å². The first-order chi connectivity index (χ1) is 11.2. The van der Waals surface area contributed by atoms with Crippen LogP contribution in [0.5, 0.6) is 0 Å². The molecule has 0 spiro atoms. The smallest absolute Gasteiger partial charge is 0.220 e. The van der Waals surface area contributed by atoms with Crippen molar-refractivity contribution in [1.82, 2.24) is 10.3 Å². The molecule has 1 saturated heterocycles. The first kappa shape index (κ1) is 22.0. The van der Waals surface area contributed by atoms with Gasteiger partial charge in [-0.1, -0.05) is 18.9 Å². The van der Waals surface area contributed by atoms with Crippen molar-refractivity contribution < 1.29 is 4.79 Å². The van der Waals surface area contributed by atoms with E-state index in [2.05, 4.69) is 15.2 Å². The van der Waals surface area contributed by atoms with Crippen LogP contribution >= 0.6 is 24.8 Å². The lowest BCUT2D eigenvalue weighted by molar-refractivity contribution is -0.123. The number of amides is 1. The van der Waals surface area contributed by atoms with Crippen LogP contribution in [-0.2, 0) is 4.79 Å². The maximum atomic E-state index is 12.3. The van der Waals surface area contributed by atoms with E-state index >= 15 is 0 Å². The van der Waals surface area contributed by atoms with Gasteiger partial charge in [0, 0.05) is 37.8 Å². The largest absolute Gasteiger partial charge is 0.356 e. The van der Waals surface area contributed by atoms with Gasteiger partial charge in [0.2, 0.25) is 5.91 Å². The minimum absolute atomic E-state index is 0. The quantitative estimate of drug-likeness (QED) is 0.831. The number of nitrogens with two attached hydrogens (primary N) is 1. The third-order valence-electron chi connectivity index (χ3n) is 5.25. The summed E-state index contributed by atoms with van der Waals surface area (Å²) in [6.45, 7) is 1.90. The fraction of sp³-hybridized carbons (Fsp3) is 0.667. The molecule has 3 rings (SSSR count).